The quantitative estimate of drug-likeness (QED) is 0.736. The van der Waals surface area contributed by atoms with E-state index in [1.807, 2.05) is 11.8 Å². The summed E-state index contributed by atoms with van der Waals surface area (Å²) in [5, 5.41) is 12.1. The van der Waals surface area contributed by atoms with E-state index in [1.54, 1.807) is 0 Å². The molecule has 1 atom stereocenters. The molecule has 1 aromatic heterocycles. The van der Waals surface area contributed by atoms with Crippen molar-refractivity contribution in [3.8, 4) is 0 Å². The lowest BCUT2D eigenvalue weighted by Gasteiger charge is -2.14. The Balaban J connectivity index is 2.20. The Morgan fingerprint density at radius 2 is 2.50 bits per heavy atom. The van der Waals surface area contributed by atoms with Gasteiger partial charge < -0.3 is 16.2 Å². The molecule has 1 aromatic rings. The van der Waals surface area contributed by atoms with Gasteiger partial charge in [-0.3, -0.25) is 0 Å². The van der Waals surface area contributed by atoms with Crippen molar-refractivity contribution in [2.45, 2.75) is 12.5 Å². The number of nitrogen functional groups attached to an aromatic ring is 1. The predicted octanol–water partition coefficient (Wildman–Crippen LogP) is 1.28. The molecule has 1 aliphatic rings. The first kappa shape index (κ1) is 11.1. The molecular weight excluding hydrogens is 226 g/mol. The summed E-state index contributed by atoms with van der Waals surface area (Å²) in [4.78, 5) is 14.9. The molecule has 86 valence electrons. The van der Waals surface area contributed by atoms with Gasteiger partial charge in [-0.1, -0.05) is 0 Å². The van der Waals surface area contributed by atoms with Crippen molar-refractivity contribution in [3.63, 3.8) is 0 Å². The van der Waals surface area contributed by atoms with Crippen molar-refractivity contribution in [3.05, 3.63) is 17.8 Å². The van der Waals surface area contributed by atoms with Crippen LogP contribution in [0, 0.1) is 0 Å². The van der Waals surface area contributed by atoms with Crippen LogP contribution in [0.1, 0.15) is 16.8 Å². The Hall–Kier alpha value is -1.43. The van der Waals surface area contributed by atoms with Gasteiger partial charge in [0.25, 0.3) is 0 Å². The van der Waals surface area contributed by atoms with Gasteiger partial charge in [-0.15, -0.1) is 0 Å². The summed E-state index contributed by atoms with van der Waals surface area (Å²) in [5.41, 5.74) is 6.06. The zero-order valence-corrected chi connectivity index (χ0v) is 9.46. The van der Waals surface area contributed by atoms with Crippen molar-refractivity contribution in [1.82, 2.24) is 4.98 Å². The number of nitrogens with two attached hydrogens (primary N) is 1. The van der Waals surface area contributed by atoms with Crippen molar-refractivity contribution >= 4 is 29.2 Å². The first-order valence-electron chi connectivity index (χ1n) is 5.00. The summed E-state index contributed by atoms with van der Waals surface area (Å²) in [6, 6.07) is 1.75. The van der Waals surface area contributed by atoms with E-state index >= 15 is 0 Å². The average Bonchev–Trinajstić information content (AvgIpc) is 2.73. The maximum absolute atomic E-state index is 10.9. The summed E-state index contributed by atoms with van der Waals surface area (Å²) in [5.74, 6) is 1.59. The fraction of sp³-hybridized carbons (Fsp3) is 0.400. The van der Waals surface area contributed by atoms with Gasteiger partial charge in [0.1, 0.15) is 5.82 Å². The number of carbonyl (C=O) groups is 1. The Bertz CT molecular complexity index is 405. The third-order valence-electron chi connectivity index (χ3n) is 2.49. The van der Waals surface area contributed by atoms with Crippen LogP contribution in [-0.4, -0.2) is 33.6 Å². The summed E-state index contributed by atoms with van der Waals surface area (Å²) in [7, 11) is 0. The van der Waals surface area contributed by atoms with E-state index in [1.165, 1.54) is 12.3 Å². The minimum absolute atomic E-state index is 0.100. The molecule has 0 radical (unpaired) electrons. The number of thioether (sulfide) groups is 1. The molecule has 1 unspecified atom stereocenters. The maximum atomic E-state index is 10.9. The van der Waals surface area contributed by atoms with Gasteiger partial charge in [0.15, 0.2) is 0 Å². The molecule has 1 fully saturated rings. The number of carboxylic acids is 1. The number of carboxylic acid groups (broad SMARTS) is 1. The predicted molar refractivity (Wildman–Crippen MR) is 65.0 cm³/mol. The average molecular weight is 239 g/mol. The molecule has 6 heteroatoms. The number of hydrogen-bond donors (Lipinski definition) is 3. The van der Waals surface area contributed by atoms with Gasteiger partial charge in [-0.25, -0.2) is 9.78 Å². The second-order valence-electron chi connectivity index (χ2n) is 3.63. The van der Waals surface area contributed by atoms with Crippen LogP contribution in [0.5, 0.6) is 0 Å². The number of aromatic nitrogens is 1. The highest BCUT2D eigenvalue weighted by Gasteiger charge is 2.18. The number of nitrogens with zero attached hydrogens (tertiary/aromatic N) is 1. The molecule has 0 aromatic carbocycles. The van der Waals surface area contributed by atoms with Crippen LogP contribution in [0.4, 0.5) is 11.5 Å². The van der Waals surface area contributed by atoms with Crippen molar-refractivity contribution in [1.29, 1.82) is 0 Å². The SMILES string of the molecule is Nc1c(C(=O)O)ccnc1NC1CCSC1. The number of rotatable bonds is 3. The van der Waals surface area contributed by atoms with Gasteiger partial charge in [0, 0.05) is 18.0 Å². The van der Waals surface area contributed by atoms with Crippen LogP contribution in [0.25, 0.3) is 0 Å². The molecule has 16 heavy (non-hydrogen) atoms. The fourth-order valence-electron chi connectivity index (χ4n) is 1.62. The number of aromatic carboxylic acids is 1. The first-order chi connectivity index (χ1) is 7.68. The van der Waals surface area contributed by atoms with Crippen molar-refractivity contribution in [2.24, 2.45) is 0 Å². The van der Waals surface area contributed by atoms with Gasteiger partial charge in [-0.2, -0.15) is 11.8 Å². The van der Waals surface area contributed by atoms with Gasteiger partial charge in [0.2, 0.25) is 0 Å². The van der Waals surface area contributed by atoms with E-state index in [0.29, 0.717) is 11.9 Å². The second-order valence-corrected chi connectivity index (χ2v) is 4.78. The highest BCUT2D eigenvalue weighted by Crippen LogP contribution is 2.25. The van der Waals surface area contributed by atoms with Crippen LogP contribution in [0.15, 0.2) is 12.3 Å². The summed E-state index contributed by atoms with van der Waals surface area (Å²) in [6.45, 7) is 0. The number of hydrogen-bond acceptors (Lipinski definition) is 5. The standard InChI is InChI=1S/C10H13N3O2S/c11-8-7(10(14)15)1-3-12-9(8)13-6-2-4-16-5-6/h1,3,6H,2,4-5,11H2,(H,12,13)(H,14,15). The Kier molecular flexibility index (Phi) is 3.19. The molecule has 5 nitrogen and oxygen atoms in total. The molecular formula is C10H13N3O2S. The normalized spacial score (nSPS) is 19.6. The smallest absolute Gasteiger partial charge is 0.337 e. The minimum Gasteiger partial charge on any atom is -0.478 e. The fourth-order valence-corrected chi connectivity index (χ4v) is 2.77. The van der Waals surface area contributed by atoms with Crippen molar-refractivity contribution < 1.29 is 9.90 Å². The molecule has 1 aliphatic heterocycles. The minimum atomic E-state index is -1.02. The van der Waals surface area contributed by atoms with E-state index in [-0.39, 0.29) is 11.3 Å². The largest absolute Gasteiger partial charge is 0.478 e. The number of anilines is 2. The molecule has 0 saturated carbocycles. The van der Waals surface area contributed by atoms with E-state index in [0.717, 1.165) is 17.9 Å². The van der Waals surface area contributed by atoms with E-state index < -0.39 is 5.97 Å². The lowest BCUT2D eigenvalue weighted by molar-refractivity contribution is 0.0698. The van der Waals surface area contributed by atoms with Crippen LogP contribution >= 0.6 is 11.8 Å². The Labute approximate surface area is 97.4 Å². The first-order valence-corrected chi connectivity index (χ1v) is 6.16. The zero-order valence-electron chi connectivity index (χ0n) is 8.64. The number of pyridine rings is 1. The third-order valence-corrected chi connectivity index (χ3v) is 3.65. The van der Waals surface area contributed by atoms with Crippen LogP contribution in [-0.2, 0) is 0 Å². The van der Waals surface area contributed by atoms with E-state index in [2.05, 4.69) is 10.3 Å². The monoisotopic (exact) mass is 239 g/mol. The van der Waals surface area contributed by atoms with E-state index in [4.69, 9.17) is 10.8 Å². The Morgan fingerprint density at radius 1 is 1.69 bits per heavy atom. The molecule has 2 rings (SSSR count). The lowest BCUT2D eigenvalue weighted by atomic mass is 10.2. The molecule has 0 bridgehead atoms. The topological polar surface area (TPSA) is 88.2 Å². The van der Waals surface area contributed by atoms with E-state index in [9.17, 15) is 4.79 Å². The molecule has 0 amide bonds. The van der Waals surface area contributed by atoms with Crippen LogP contribution in [0.2, 0.25) is 0 Å². The van der Waals surface area contributed by atoms with Crippen LogP contribution < -0.4 is 11.1 Å². The Morgan fingerprint density at radius 3 is 3.12 bits per heavy atom. The summed E-state index contributed by atoms with van der Waals surface area (Å²) < 4.78 is 0. The molecule has 1 saturated heterocycles. The number of nitrogens with one attached hydrogen (secondary N) is 1. The second kappa shape index (κ2) is 4.61. The lowest BCUT2D eigenvalue weighted by Crippen LogP contribution is -2.20. The molecule has 0 aliphatic carbocycles. The van der Waals surface area contributed by atoms with Crippen LogP contribution in [0.3, 0.4) is 0 Å². The molecule has 0 spiro atoms. The zero-order chi connectivity index (χ0) is 11.5. The van der Waals surface area contributed by atoms with Gasteiger partial charge >= 0.3 is 5.97 Å². The summed E-state index contributed by atoms with van der Waals surface area (Å²) in [6.07, 6.45) is 2.52. The van der Waals surface area contributed by atoms with Gasteiger partial charge in [-0.05, 0) is 18.2 Å². The van der Waals surface area contributed by atoms with Crippen molar-refractivity contribution in [2.75, 3.05) is 22.6 Å². The third kappa shape index (κ3) is 2.21. The molecule has 2 heterocycles. The highest BCUT2D eigenvalue weighted by molar-refractivity contribution is 7.99. The summed E-state index contributed by atoms with van der Waals surface area (Å²) >= 11 is 1.87. The maximum Gasteiger partial charge on any atom is 0.337 e. The highest BCUT2D eigenvalue weighted by atomic mass is 32.2. The van der Waals surface area contributed by atoms with Gasteiger partial charge in [0.05, 0.1) is 11.3 Å². The molecule has 4 N–H and O–H groups in total.